The molecule has 3 heteroatoms. The van der Waals surface area contributed by atoms with Gasteiger partial charge in [0.05, 0.1) is 0 Å². The molecule has 0 aromatic rings. The molecule has 0 aromatic carbocycles. The van der Waals surface area contributed by atoms with Gasteiger partial charge < -0.3 is 14.8 Å². The van der Waals surface area contributed by atoms with Crippen LogP contribution in [0.3, 0.4) is 0 Å². The third kappa shape index (κ3) is 1.23. The van der Waals surface area contributed by atoms with Gasteiger partial charge in [-0.15, -0.1) is 0 Å². The minimum Gasteiger partial charge on any atom is -0.352 e. The van der Waals surface area contributed by atoms with Crippen molar-refractivity contribution in [3.8, 4) is 0 Å². The smallest absolute Gasteiger partial charge is 0.181 e. The fourth-order valence-electron chi connectivity index (χ4n) is 1.08. The lowest BCUT2D eigenvalue weighted by atomic mass is 10.2. The summed E-state index contributed by atoms with van der Waals surface area (Å²) in [6, 6.07) is 0. The van der Waals surface area contributed by atoms with E-state index in [9.17, 15) is 0 Å². The van der Waals surface area contributed by atoms with Crippen LogP contribution in [0.5, 0.6) is 0 Å². The molecule has 0 amide bonds. The quantitative estimate of drug-likeness (QED) is 0.534. The van der Waals surface area contributed by atoms with Gasteiger partial charge in [0.1, 0.15) is 0 Å². The molecule has 1 aliphatic rings. The molecule has 0 bridgehead atoms. The van der Waals surface area contributed by atoms with E-state index in [2.05, 4.69) is 5.32 Å². The third-order valence-electron chi connectivity index (χ3n) is 1.82. The maximum Gasteiger partial charge on any atom is 0.181 e. The Morgan fingerprint density at radius 3 is 2.22 bits per heavy atom. The molecule has 1 heterocycles. The zero-order valence-electron chi connectivity index (χ0n) is 5.94. The minimum atomic E-state index is -0.333. The molecule has 0 aromatic heterocycles. The average Bonchev–Trinajstić information content (AvgIpc) is 2.36. The lowest BCUT2D eigenvalue weighted by Crippen LogP contribution is -2.35. The van der Waals surface area contributed by atoms with Gasteiger partial charge >= 0.3 is 0 Å². The highest BCUT2D eigenvalue weighted by atomic mass is 16.7. The van der Waals surface area contributed by atoms with Crippen LogP contribution >= 0.6 is 0 Å². The van der Waals surface area contributed by atoms with Gasteiger partial charge in [-0.1, -0.05) is 0 Å². The van der Waals surface area contributed by atoms with Gasteiger partial charge in [-0.3, -0.25) is 0 Å². The van der Waals surface area contributed by atoms with Gasteiger partial charge in [0.2, 0.25) is 0 Å². The normalized spacial score (nSPS) is 24.7. The van der Waals surface area contributed by atoms with Crippen molar-refractivity contribution in [3.63, 3.8) is 0 Å². The molecule has 1 N–H and O–H groups in total. The number of nitrogens with one attached hydrogen (secondary N) is 1. The molecule has 1 aliphatic heterocycles. The van der Waals surface area contributed by atoms with Crippen molar-refractivity contribution in [1.29, 1.82) is 0 Å². The minimum absolute atomic E-state index is 0.333. The van der Waals surface area contributed by atoms with E-state index in [1.807, 2.05) is 0 Å². The van der Waals surface area contributed by atoms with Crippen molar-refractivity contribution in [2.45, 2.75) is 12.2 Å². The van der Waals surface area contributed by atoms with E-state index < -0.39 is 0 Å². The van der Waals surface area contributed by atoms with Crippen molar-refractivity contribution >= 4 is 0 Å². The Hall–Kier alpha value is -0.120. The van der Waals surface area contributed by atoms with Crippen molar-refractivity contribution in [2.75, 3.05) is 27.3 Å². The van der Waals surface area contributed by atoms with Crippen LogP contribution in [0, 0.1) is 0 Å². The zero-order valence-corrected chi connectivity index (χ0v) is 5.94. The Kier molecular flexibility index (Phi) is 2.05. The Bertz CT molecular complexity index is 83.1. The molecule has 1 rings (SSSR count). The van der Waals surface area contributed by atoms with Gasteiger partial charge in [-0.25, -0.2) is 0 Å². The summed E-state index contributed by atoms with van der Waals surface area (Å²) in [5.74, 6) is -0.333. The average molecular weight is 131 g/mol. The highest BCUT2D eigenvalue weighted by Crippen LogP contribution is 2.18. The Morgan fingerprint density at radius 2 is 2.00 bits per heavy atom. The second kappa shape index (κ2) is 2.64. The zero-order chi connectivity index (χ0) is 6.74. The van der Waals surface area contributed by atoms with Gasteiger partial charge in [-0.05, 0) is 0 Å². The summed E-state index contributed by atoms with van der Waals surface area (Å²) in [4.78, 5) is 0. The van der Waals surface area contributed by atoms with E-state index >= 15 is 0 Å². The van der Waals surface area contributed by atoms with Crippen LogP contribution in [0.15, 0.2) is 0 Å². The molecule has 3 nitrogen and oxygen atoms in total. The maximum atomic E-state index is 5.16. The summed E-state index contributed by atoms with van der Waals surface area (Å²) in [5, 5.41) is 3.16. The summed E-state index contributed by atoms with van der Waals surface area (Å²) in [6.07, 6.45) is 0.944. The molecule has 0 saturated carbocycles. The topological polar surface area (TPSA) is 30.5 Å². The molecule has 54 valence electrons. The SMILES string of the molecule is COC1(OC)CCNC1. The molecule has 0 spiro atoms. The monoisotopic (exact) mass is 131 g/mol. The molecule has 1 fully saturated rings. The summed E-state index contributed by atoms with van der Waals surface area (Å²) < 4.78 is 10.3. The Labute approximate surface area is 55.3 Å². The van der Waals surface area contributed by atoms with Crippen molar-refractivity contribution < 1.29 is 9.47 Å². The molecule has 0 atom stereocenters. The highest BCUT2D eigenvalue weighted by Gasteiger charge is 2.32. The molecular weight excluding hydrogens is 118 g/mol. The van der Waals surface area contributed by atoms with Crippen molar-refractivity contribution in [2.24, 2.45) is 0 Å². The van der Waals surface area contributed by atoms with E-state index in [4.69, 9.17) is 9.47 Å². The molecular formula is C6H13NO2. The van der Waals surface area contributed by atoms with Crippen LogP contribution in [0.4, 0.5) is 0 Å². The number of rotatable bonds is 2. The van der Waals surface area contributed by atoms with Crippen LogP contribution in [-0.2, 0) is 9.47 Å². The largest absolute Gasteiger partial charge is 0.352 e. The van der Waals surface area contributed by atoms with Crippen LogP contribution in [0.25, 0.3) is 0 Å². The van der Waals surface area contributed by atoms with E-state index in [1.165, 1.54) is 0 Å². The molecule has 0 aliphatic carbocycles. The van der Waals surface area contributed by atoms with Gasteiger partial charge in [0.25, 0.3) is 0 Å². The fourth-order valence-corrected chi connectivity index (χ4v) is 1.08. The second-order valence-corrected chi connectivity index (χ2v) is 2.25. The first-order chi connectivity index (χ1) is 4.33. The van der Waals surface area contributed by atoms with E-state index in [1.54, 1.807) is 14.2 Å². The van der Waals surface area contributed by atoms with Crippen molar-refractivity contribution in [1.82, 2.24) is 5.32 Å². The molecule has 9 heavy (non-hydrogen) atoms. The molecule has 0 radical (unpaired) electrons. The van der Waals surface area contributed by atoms with Crippen LogP contribution in [0.1, 0.15) is 6.42 Å². The maximum absolute atomic E-state index is 5.16. The first-order valence-electron chi connectivity index (χ1n) is 3.14. The second-order valence-electron chi connectivity index (χ2n) is 2.25. The number of hydrogen-bond donors (Lipinski definition) is 1. The number of ether oxygens (including phenoxy) is 2. The van der Waals surface area contributed by atoms with Gasteiger partial charge in [0, 0.05) is 33.7 Å². The Balaban J connectivity index is 2.45. The number of hydrogen-bond acceptors (Lipinski definition) is 3. The first kappa shape index (κ1) is 6.99. The van der Waals surface area contributed by atoms with E-state index in [-0.39, 0.29) is 5.79 Å². The van der Waals surface area contributed by atoms with E-state index in [0.717, 1.165) is 19.5 Å². The van der Waals surface area contributed by atoms with Crippen LogP contribution in [0.2, 0.25) is 0 Å². The molecule has 1 saturated heterocycles. The van der Waals surface area contributed by atoms with E-state index in [0.29, 0.717) is 0 Å². The molecule has 0 unspecified atom stereocenters. The Morgan fingerprint density at radius 1 is 1.33 bits per heavy atom. The predicted molar refractivity (Wildman–Crippen MR) is 34.2 cm³/mol. The fraction of sp³-hybridized carbons (Fsp3) is 1.00. The van der Waals surface area contributed by atoms with Crippen LogP contribution in [-0.4, -0.2) is 33.1 Å². The standard InChI is InChI=1S/C6H13NO2/c1-8-6(9-2)3-4-7-5-6/h7H,3-5H2,1-2H3. The number of methoxy groups -OCH3 is 2. The first-order valence-corrected chi connectivity index (χ1v) is 3.14. The summed E-state index contributed by atoms with van der Waals surface area (Å²) in [5.41, 5.74) is 0. The summed E-state index contributed by atoms with van der Waals surface area (Å²) in [7, 11) is 3.35. The van der Waals surface area contributed by atoms with Crippen molar-refractivity contribution in [3.05, 3.63) is 0 Å². The third-order valence-corrected chi connectivity index (χ3v) is 1.82. The van der Waals surface area contributed by atoms with Gasteiger partial charge in [0.15, 0.2) is 5.79 Å². The lowest BCUT2D eigenvalue weighted by Gasteiger charge is -2.23. The van der Waals surface area contributed by atoms with Crippen LogP contribution < -0.4 is 5.32 Å². The summed E-state index contributed by atoms with van der Waals surface area (Å²) >= 11 is 0. The predicted octanol–water partition coefficient (Wildman–Crippen LogP) is -0.0312. The van der Waals surface area contributed by atoms with Gasteiger partial charge in [-0.2, -0.15) is 0 Å². The summed E-state index contributed by atoms with van der Waals surface area (Å²) in [6.45, 7) is 1.79. The lowest BCUT2D eigenvalue weighted by molar-refractivity contribution is -0.190. The highest BCUT2D eigenvalue weighted by molar-refractivity contribution is 4.79.